The third-order valence-electron chi connectivity index (χ3n) is 3.42. The summed E-state index contributed by atoms with van der Waals surface area (Å²) in [5.41, 5.74) is 2.30. The first kappa shape index (κ1) is 14.1. The fourth-order valence-corrected chi connectivity index (χ4v) is 2.14. The van der Waals surface area contributed by atoms with E-state index < -0.39 is 0 Å². The lowest BCUT2D eigenvalue weighted by atomic mass is 10.1. The molecule has 0 radical (unpaired) electrons. The van der Waals surface area contributed by atoms with Gasteiger partial charge in [0.15, 0.2) is 0 Å². The highest BCUT2D eigenvalue weighted by atomic mass is 16.3. The van der Waals surface area contributed by atoms with Gasteiger partial charge in [-0.3, -0.25) is 0 Å². The van der Waals surface area contributed by atoms with Gasteiger partial charge in [0.2, 0.25) is 0 Å². The quantitative estimate of drug-likeness (QED) is 0.863. The molecule has 3 nitrogen and oxygen atoms in total. The fourth-order valence-electron chi connectivity index (χ4n) is 2.14. The second kappa shape index (κ2) is 6.22. The van der Waals surface area contributed by atoms with Crippen LogP contribution in [-0.4, -0.2) is 24.5 Å². The molecule has 2 aromatic rings. The summed E-state index contributed by atoms with van der Waals surface area (Å²) in [6, 6.07) is 8.76. The Morgan fingerprint density at radius 1 is 1.26 bits per heavy atom. The van der Waals surface area contributed by atoms with Gasteiger partial charge in [-0.2, -0.15) is 0 Å². The van der Waals surface area contributed by atoms with Gasteiger partial charge < -0.3 is 14.6 Å². The first-order chi connectivity index (χ1) is 9.11. The van der Waals surface area contributed by atoms with Crippen LogP contribution in [0.25, 0.3) is 11.0 Å². The van der Waals surface area contributed by atoms with E-state index in [0.717, 1.165) is 31.0 Å². The van der Waals surface area contributed by atoms with Crippen molar-refractivity contribution in [3.8, 4) is 0 Å². The molecule has 2 rings (SSSR count). The van der Waals surface area contributed by atoms with Crippen molar-refractivity contribution in [2.75, 3.05) is 13.6 Å². The number of nitrogens with zero attached hydrogens (tertiary/aromatic N) is 1. The monoisotopic (exact) mass is 260 g/mol. The summed E-state index contributed by atoms with van der Waals surface area (Å²) in [5.74, 6) is 1.07. The molecule has 0 aliphatic rings. The van der Waals surface area contributed by atoms with Crippen molar-refractivity contribution in [3.63, 3.8) is 0 Å². The maximum atomic E-state index is 6.01. The molecule has 1 heterocycles. The Kier molecular flexibility index (Phi) is 4.61. The second-order valence-corrected chi connectivity index (χ2v) is 5.37. The number of furan rings is 1. The molecule has 0 unspecified atom stereocenters. The zero-order valence-corrected chi connectivity index (χ0v) is 12.4. The number of rotatable bonds is 6. The lowest BCUT2D eigenvalue weighted by molar-refractivity contribution is 0.341. The van der Waals surface area contributed by atoms with Crippen LogP contribution >= 0.6 is 0 Å². The zero-order chi connectivity index (χ0) is 13.8. The van der Waals surface area contributed by atoms with E-state index in [9.17, 15) is 0 Å². The van der Waals surface area contributed by atoms with E-state index in [1.165, 1.54) is 10.9 Å². The Morgan fingerprint density at radius 2 is 2.00 bits per heavy atom. The van der Waals surface area contributed by atoms with Crippen molar-refractivity contribution >= 4 is 11.0 Å². The van der Waals surface area contributed by atoms with Gasteiger partial charge in [-0.25, -0.2) is 0 Å². The van der Waals surface area contributed by atoms with Gasteiger partial charge in [0.1, 0.15) is 11.3 Å². The van der Waals surface area contributed by atoms with Crippen LogP contribution in [0.5, 0.6) is 0 Å². The lowest BCUT2D eigenvalue weighted by Gasteiger charge is -2.14. The predicted molar refractivity (Wildman–Crippen MR) is 80.2 cm³/mol. The maximum Gasteiger partial charge on any atom is 0.134 e. The fraction of sp³-hybridized carbons (Fsp3) is 0.500. The normalized spacial score (nSPS) is 11.9. The van der Waals surface area contributed by atoms with Gasteiger partial charge in [-0.05, 0) is 19.7 Å². The van der Waals surface area contributed by atoms with E-state index in [1.807, 2.05) is 12.1 Å². The summed E-state index contributed by atoms with van der Waals surface area (Å²) in [5, 5.41) is 4.68. The number of nitrogens with one attached hydrogen (secondary N) is 1. The first-order valence-electron chi connectivity index (χ1n) is 7.03. The number of benzene rings is 1. The molecule has 0 bridgehead atoms. The molecule has 0 amide bonds. The van der Waals surface area contributed by atoms with Gasteiger partial charge in [-0.15, -0.1) is 0 Å². The zero-order valence-electron chi connectivity index (χ0n) is 12.4. The first-order valence-corrected chi connectivity index (χ1v) is 7.03. The average Bonchev–Trinajstić information content (AvgIpc) is 2.74. The second-order valence-electron chi connectivity index (χ2n) is 5.37. The summed E-state index contributed by atoms with van der Waals surface area (Å²) in [4.78, 5) is 2.30. The third kappa shape index (κ3) is 3.37. The standard InChI is InChI=1S/C16H24N2O/c1-5-18(4)11-14-13-8-6-7-9-15(13)19-16(14)10-17-12(2)3/h6-9,12,17H,5,10-11H2,1-4H3. The molecule has 0 atom stereocenters. The molecule has 3 heteroatoms. The molecule has 0 saturated heterocycles. The molecule has 1 N–H and O–H groups in total. The van der Waals surface area contributed by atoms with E-state index in [1.54, 1.807) is 0 Å². The van der Waals surface area contributed by atoms with E-state index in [2.05, 4.69) is 50.2 Å². The predicted octanol–water partition coefficient (Wildman–Crippen LogP) is 3.38. The van der Waals surface area contributed by atoms with Crippen molar-refractivity contribution in [3.05, 3.63) is 35.6 Å². The van der Waals surface area contributed by atoms with Gasteiger partial charge in [0.25, 0.3) is 0 Å². The van der Waals surface area contributed by atoms with Crippen LogP contribution in [0.2, 0.25) is 0 Å². The minimum Gasteiger partial charge on any atom is -0.459 e. The van der Waals surface area contributed by atoms with Crippen LogP contribution in [0.4, 0.5) is 0 Å². The molecule has 0 aliphatic carbocycles. The molecular formula is C16H24N2O. The number of fused-ring (bicyclic) bond motifs is 1. The molecule has 104 valence electrons. The highest BCUT2D eigenvalue weighted by Gasteiger charge is 2.15. The lowest BCUT2D eigenvalue weighted by Crippen LogP contribution is -2.23. The van der Waals surface area contributed by atoms with E-state index in [0.29, 0.717) is 6.04 Å². The Bertz CT molecular complexity index is 531. The van der Waals surface area contributed by atoms with Crippen LogP contribution in [0, 0.1) is 0 Å². The third-order valence-corrected chi connectivity index (χ3v) is 3.42. The summed E-state index contributed by atoms with van der Waals surface area (Å²) < 4.78 is 6.01. The highest BCUT2D eigenvalue weighted by Crippen LogP contribution is 2.27. The van der Waals surface area contributed by atoms with Crippen molar-refractivity contribution in [1.29, 1.82) is 0 Å². The van der Waals surface area contributed by atoms with Gasteiger partial charge in [0, 0.05) is 23.5 Å². The SMILES string of the molecule is CCN(C)Cc1c(CNC(C)C)oc2ccccc12. The molecule has 0 saturated carbocycles. The van der Waals surface area contributed by atoms with Gasteiger partial charge >= 0.3 is 0 Å². The summed E-state index contributed by atoms with van der Waals surface area (Å²) in [6.45, 7) is 9.24. The van der Waals surface area contributed by atoms with E-state index in [-0.39, 0.29) is 0 Å². The minimum absolute atomic E-state index is 0.463. The maximum absolute atomic E-state index is 6.01. The minimum atomic E-state index is 0.463. The summed E-state index contributed by atoms with van der Waals surface area (Å²) in [6.07, 6.45) is 0. The molecule has 0 fully saturated rings. The molecule has 1 aromatic heterocycles. The number of hydrogen-bond donors (Lipinski definition) is 1. The van der Waals surface area contributed by atoms with Crippen LogP contribution in [0.1, 0.15) is 32.1 Å². The molecule has 0 spiro atoms. The number of hydrogen-bond acceptors (Lipinski definition) is 3. The van der Waals surface area contributed by atoms with Crippen LogP contribution in [0.3, 0.4) is 0 Å². The largest absolute Gasteiger partial charge is 0.459 e. The van der Waals surface area contributed by atoms with Crippen LogP contribution < -0.4 is 5.32 Å². The van der Waals surface area contributed by atoms with Gasteiger partial charge in [-0.1, -0.05) is 39.0 Å². The Labute approximate surface area is 115 Å². The van der Waals surface area contributed by atoms with E-state index in [4.69, 9.17) is 4.42 Å². The highest BCUT2D eigenvalue weighted by molar-refractivity contribution is 5.82. The van der Waals surface area contributed by atoms with E-state index >= 15 is 0 Å². The van der Waals surface area contributed by atoms with Gasteiger partial charge in [0.05, 0.1) is 6.54 Å². The average molecular weight is 260 g/mol. The van der Waals surface area contributed by atoms with Crippen molar-refractivity contribution in [1.82, 2.24) is 10.2 Å². The van der Waals surface area contributed by atoms with Crippen molar-refractivity contribution < 1.29 is 4.42 Å². The summed E-state index contributed by atoms with van der Waals surface area (Å²) in [7, 11) is 2.14. The Morgan fingerprint density at radius 3 is 2.68 bits per heavy atom. The van der Waals surface area contributed by atoms with Crippen molar-refractivity contribution in [2.45, 2.75) is 39.9 Å². The topological polar surface area (TPSA) is 28.4 Å². The molecule has 0 aliphatic heterocycles. The summed E-state index contributed by atoms with van der Waals surface area (Å²) >= 11 is 0. The molecule has 1 aromatic carbocycles. The smallest absolute Gasteiger partial charge is 0.134 e. The molecular weight excluding hydrogens is 236 g/mol. The van der Waals surface area contributed by atoms with Crippen LogP contribution in [0.15, 0.2) is 28.7 Å². The van der Waals surface area contributed by atoms with Crippen LogP contribution in [-0.2, 0) is 13.1 Å². The molecule has 19 heavy (non-hydrogen) atoms. The Hall–Kier alpha value is -1.32. The Balaban J connectivity index is 2.34. The number of para-hydroxylation sites is 1. The van der Waals surface area contributed by atoms with Crippen molar-refractivity contribution in [2.24, 2.45) is 0 Å².